The van der Waals surface area contributed by atoms with E-state index in [2.05, 4.69) is 31.0 Å². The molecule has 1 heterocycles. The monoisotopic (exact) mass is 214 g/mol. The van der Waals surface area contributed by atoms with E-state index in [4.69, 9.17) is 4.74 Å². The molecule has 1 atom stereocenters. The summed E-state index contributed by atoms with van der Waals surface area (Å²) in [6.07, 6.45) is 2.80. The molecule has 1 saturated heterocycles. The molecule has 1 unspecified atom stereocenters. The molecule has 15 heavy (non-hydrogen) atoms. The molecule has 0 aromatic carbocycles. The van der Waals surface area contributed by atoms with Gasteiger partial charge < -0.3 is 10.1 Å². The van der Waals surface area contributed by atoms with Crippen molar-refractivity contribution in [1.82, 2.24) is 10.2 Å². The molecule has 0 radical (unpaired) electrons. The number of hydrogen-bond acceptors (Lipinski definition) is 3. The zero-order valence-corrected chi connectivity index (χ0v) is 10.5. The number of rotatable bonds is 5. The van der Waals surface area contributed by atoms with E-state index in [0.717, 1.165) is 19.6 Å². The van der Waals surface area contributed by atoms with Gasteiger partial charge in [-0.15, -0.1) is 0 Å². The first kappa shape index (κ1) is 12.9. The smallest absolute Gasteiger partial charge is 0.0518 e. The van der Waals surface area contributed by atoms with Crippen LogP contribution in [0, 0.1) is 0 Å². The molecule has 90 valence electrons. The third kappa shape index (κ3) is 5.50. The van der Waals surface area contributed by atoms with Crippen molar-refractivity contribution in [2.24, 2.45) is 0 Å². The highest BCUT2D eigenvalue weighted by molar-refractivity contribution is 4.73. The van der Waals surface area contributed by atoms with Gasteiger partial charge in [0.1, 0.15) is 0 Å². The Morgan fingerprint density at radius 3 is 3.00 bits per heavy atom. The molecule has 3 heteroatoms. The predicted octanol–water partition coefficient (Wildman–Crippen LogP) is 1.49. The maximum Gasteiger partial charge on any atom is 0.0518 e. The van der Waals surface area contributed by atoms with Crippen LogP contribution < -0.4 is 5.32 Å². The van der Waals surface area contributed by atoms with Crippen LogP contribution in [0.1, 0.15) is 33.6 Å². The van der Waals surface area contributed by atoms with E-state index in [1.165, 1.54) is 26.1 Å². The zero-order valence-electron chi connectivity index (χ0n) is 10.5. The highest BCUT2D eigenvalue weighted by atomic mass is 16.5. The second kappa shape index (κ2) is 7.20. The number of nitrogens with zero attached hydrogens (tertiary/aromatic N) is 1. The van der Waals surface area contributed by atoms with Crippen LogP contribution in [0.15, 0.2) is 0 Å². The molecule has 0 bridgehead atoms. The first-order chi connectivity index (χ1) is 7.20. The van der Waals surface area contributed by atoms with E-state index in [1.807, 2.05) is 0 Å². The summed E-state index contributed by atoms with van der Waals surface area (Å²) in [6.45, 7) is 12.1. The molecule has 0 aromatic rings. The Balaban J connectivity index is 2.12. The lowest BCUT2D eigenvalue weighted by Gasteiger charge is -2.26. The van der Waals surface area contributed by atoms with Gasteiger partial charge in [-0.3, -0.25) is 4.90 Å². The average Bonchev–Trinajstić information content (AvgIpc) is 2.38. The van der Waals surface area contributed by atoms with Crippen LogP contribution in [-0.2, 0) is 4.74 Å². The molecule has 0 saturated carbocycles. The molecule has 1 N–H and O–H groups in total. The molecular weight excluding hydrogens is 188 g/mol. The molecular formula is C12H26N2O. The summed E-state index contributed by atoms with van der Waals surface area (Å²) in [4.78, 5) is 2.57. The van der Waals surface area contributed by atoms with E-state index in [9.17, 15) is 0 Å². The normalized spacial score (nSPS) is 24.4. The minimum absolute atomic E-state index is 0.369. The minimum Gasteiger partial charge on any atom is -0.379 e. The van der Waals surface area contributed by atoms with E-state index < -0.39 is 0 Å². The van der Waals surface area contributed by atoms with Gasteiger partial charge in [-0.05, 0) is 46.7 Å². The SMILES string of the molecule is CC(C)OCCCN1CCCNCC1C. The molecule has 1 aliphatic rings. The van der Waals surface area contributed by atoms with Crippen molar-refractivity contribution in [3.05, 3.63) is 0 Å². The standard InChI is InChI=1S/C12H26N2O/c1-11(2)15-9-5-8-14-7-4-6-13-10-12(14)3/h11-13H,4-10H2,1-3H3. The van der Waals surface area contributed by atoms with Gasteiger partial charge in [0.25, 0.3) is 0 Å². The maximum atomic E-state index is 5.56. The second-order valence-corrected chi connectivity index (χ2v) is 4.72. The van der Waals surface area contributed by atoms with E-state index in [0.29, 0.717) is 12.1 Å². The van der Waals surface area contributed by atoms with Gasteiger partial charge in [0.05, 0.1) is 6.10 Å². The third-order valence-electron chi connectivity index (χ3n) is 2.90. The Labute approximate surface area is 94.2 Å². The summed E-state index contributed by atoms with van der Waals surface area (Å²) in [6, 6.07) is 0.673. The Hall–Kier alpha value is -0.120. The fraction of sp³-hybridized carbons (Fsp3) is 1.00. The van der Waals surface area contributed by atoms with Gasteiger partial charge in [0.2, 0.25) is 0 Å². The van der Waals surface area contributed by atoms with Gasteiger partial charge in [0, 0.05) is 25.7 Å². The van der Waals surface area contributed by atoms with Crippen molar-refractivity contribution < 1.29 is 4.74 Å². The zero-order chi connectivity index (χ0) is 11.1. The second-order valence-electron chi connectivity index (χ2n) is 4.72. The molecule has 0 spiro atoms. The Bertz CT molecular complexity index is 162. The minimum atomic E-state index is 0.369. The fourth-order valence-electron chi connectivity index (χ4n) is 1.99. The van der Waals surface area contributed by atoms with Crippen LogP contribution >= 0.6 is 0 Å². The van der Waals surface area contributed by atoms with Crippen molar-refractivity contribution in [2.75, 3.05) is 32.8 Å². The molecule has 1 fully saturated rings. The molecule has 1 rings (SSSR count). The number of hydrogen-bond donors (Lipinski definition) is 1. The fourth-order valence-corrected chi connectivity index (χ4v) is 1.99. The molecule has 0 amide bonds. The molecule has 0 aliphatic carbocycles. The van der Waals surface area contributed by atoms with Gasteiger partial charge in [-0.2, -0.15) is 0 Å². The van der Waals surface area contributed by atoms with Crippen molar-refractivity contribution >= 4 is 0 Å². The third-order valence-corrected chi connectivity index (χ3v) is 2.90. The lowest BCUT2D eigenvalue weighted by molar-refractivity contribution is 0.0681. The van der Waals surface area contributed by atoms with Gasteiger partial charge in [-0.1, -0.05) is 0 Å². The summed E-state index contributed by atoms with van der Waals surface area (Å²) >= 11 is 0. The Morgan fingerprint density at radius 2 is 2.27 bits per heavy atom. The van der Waals surface area contributed by atoms with Crippen LogP contribution in [0.25, 0.3) is 0 Å². The lowest BCUT2D eigenvalue weighted by Crippen LogP contribution is -2.38. The van der Waals surface area contributed by atoms with Crippen LogP contribution in [0.2, 0.25) is 0 Å². The first-order valence-corrected chi connectivity index (χ1v) is 6.26. The van der Waals surface area contributed by atoms with Crippen LogP contribution in [0.3, 0.4) is 0 Å². The molecule has 3 nitrogen and oxygen atoms in total. The first-order valence-electron chi connectivity index (χ1n) is 6.26. The maximum absolute atomic E-state index is 5.56. The van der Waals surface area contributed by atoms with Crippen molar-refractivity contribution in [1.29, 1.82) is 0 Å². The van der Waals surface area contributed by atoms with Crippen molar-refractivity contribution in [2.45, 2.75) is 45.8 Å². The number of ether oxygens (including phenoxy) is 1. The highest BCUT2D eigenvalue weighted by Gasteiger charge is 2.15. The Kier molecular flexibility index (Phi) is 6.22. The predicted molar refractivity (Wildman–Crippen MR) is 64.2 cm³/mol. The van der Waals surface area contributed by atoms with Crippen LogP contribution in [0.4, 0.5) is 0 Å². The molecule has 1 aliphatic heterocycles. The van der Waals surface area contributed by atoms with E-state index in [1.54, 1.807) is 0 Å². The van der Waals surface area contributed by atoms with Gasteiger partial charge in [-0.25, -0.2) is 0 Å². The summed E-state index contributed by atoms with van der Waals surface area (Å²) in [5.74, 6) is 0. The van der Waals surface area contributed by atoms with Crippen molar-refractivity contribution in [3.63, 3.8) is 0 Å². The largest absolute Gasteiger partial charge is 0.379 e. The summed E-state index contributed by atoms with van der Waals surface area (Å²) in [5, 5.41) is 3.46. The topological polar surface area (TPSA) is 24.5 Å². The van der Waals surface area contributed by atoms with Crippen molar-refractivity contribution in [3.8, 4) is 0 Å². The van der Waals surface area contributed by atoms with E-state index in [-0.39, 0.29) is 0 Å². The summed E-state index contributed by atoms with van der Waals surface area (Å²) in [7, 11) is 0. The average molecular weight is 214 g/mol. The van der Waals surface area contributed by atoms with Crippen LogP contribution in [-0.4, -0.2) is 49.8 Å². The van der Waals surface area contributed by atoms with Gasteiger partial charge >= 0.3 is 0 Å². The van der Waals surface area contributed by atoms with Crippen LogP contribution in [0.5, 0.6) is 0 Å². The summed E-state index contributed by atoms with van der Waals surface area (Å²) in [5.41, 5.74) is 0. The summed E-state index contributed by atoms with van der Waals surface area (Å²) < 4.78 is 5.56. The Morgan fingerprint density at radius 1 is 1.47 bits per heavy atom. The van der Waals surface area contributed by atoms with E-state index >= 15 is 0 Å². The number of nitrogens with one attached hydrogen (secondary N) is 1. The molecule has 0 aromatic heterocycles. The van der Waals surface area contributed by atoms with Gasteiger partial charge in [0.15, 0.2) is 0 Å². The quantitative estimate of drug-likeness (QED) is 0.702. The highest BCUT2D eigenvalue weighted by Crippen LogP contribution is 2.04. The lowest BCUT2D eigenvalue weighted by atomic mass is 10.2.